The van der Waals surface area contributed by atoms with Gasteiger partial charge in [-0.3, -0.25) is 4.79 Å². The molecule has 1 amide bonds. The van der Waals surface area contributed by atoms with Crippen LogP contribution in [0.25, 0.3) is 0 Å². The molecule has 2 rings (SSSR count). The highest BCUT2D eigenvalue weighted by Crippen LogP contribution is 2.08. The minimum absolute atomic E-state index is 0.0928. The number of aryl methyl sites for hydroxylation is 1. The number of piperazine rings is 1. The molecule has 0 atom stereocenters. The smallest absolute Gasteiger partial charge is 0.266 e. The number of nitrogens with zero attached hydrogens (tertiary/aromatic N) is 3. The molecule has 0 bridgehead atoms. The number of rotatable bonds is 3. The lowest BCUT2D eigenvalue weighted by molar-refractivity contribution is -0.127. The first-order valence-corrected chi connectivity index (χ1v) is 6.50. The van der Waals surface area contributed by atoms with Crippen LogP contribution in [0, 0.1) is 18.3 Å². The van der Waals surface area contributed by atoms with Crippen LogP contribution in [0.5, 0.6) is 0 Å². The van der Waals surface area contributed by atoms with Crippen LogP contribution < -0.4 is 10.6 Å². The Morgan fingerprint density at radius 1 is 1.55 bits per heavy atom. The summed E-state index contributed by atoms with van der Waals surface area (Å²) in [4.78, 5) is 18.0. The summed E-state index contributed by atoms with van der Waals surface area (Å²) >= 11 is 0. The monoisotopic (exact) mass is 271 g/mol. The quantitative estimate of drug-likeness (QED) is 0.623. The molecule has 0 aliphatic carbocycles. The van der Waals surface area contributed by atoms with Crippen molar-refractivity contribution in [3.8, 4) is 6.07 Å². The Hall–Kier alpha value is -2.39. The van der Waals surface area contributed by atoms with E-state index in [1.54, 1.807) is 11.1 Å². The molecule has 1 aliphatic rings. The first-order chi connectivity index (χ1) is 9.70. The summed E-state index contributed by atoms with van der Waals surface area (Å²) in [7, 11) is 0. The number of anilines is 1. The third-order valence-corrected chi connectivity index (χ3v) is 3.03. The maximum Gasteiger partial charge on any atom is 0.266 e. The van der Waals surface area contributed by atoms with E-state index in [9.17, 15) is 4.79 Å². The zero-order chi connectivity index (χ0) is 14.4. The number of carbonyl (C=O) groups is 1. The Kier molecular flexibility index (Phi) is 4.69. The van der Waals surface area contributed by atoms with Crippen molar-refractivity contribution in [2.75, 3.05) is 31.5 Å². The van der Waals surface area contributed by atoms with E-state index < -0.39 is 0 Å². The van der Waals surface area contributed by atoms with Gasteiger partial charge >= 0.3 is 0 Å². The van der Waals surface area contributed by atoms with E-state index in [0.29, 0.717) is 18.9 Å². The van der Waals surface area contributed by atoms with E-state index in [4.69, 9.17) is 5.26 Å². The van der Waals surface area contributed by atoms with Gasteiger partial charge in [-0.25, -0.2) is 4.98 Å². The van der Waals surface area contributed by atoms with E-state index in [-0.39, 0.29) is 11.5 Å². The Balaban J connectivity index is 2.05. The van der Waals surface area contributed by atoms with Crippen LogP contribution >= 0.6 is 0 Å². The molecule has 1 fully saturated rings. The topological polar surface area (TPSA) is 81.0 Å². The number of aromatic nitrogens is 1. The number of hydrogen-bond acceptors (Lipinski definition) is 5. The molecule has 104 valence electrons. The third kappa shape index (κ3) is 3.56. The van der Waals surface area contributed by atoms with Gasteiger partial charge in [-0.2, -0.15) is 5.26 Å². The summed E-state index contributed by atoms with van der Waals surface area (Å²) in [6.45, 7) is 4.73. The molecule has 1 aliphatic heterocycles. The van der Waals surface area contributed by atoms with Gasteiger partial charge in [0.05, 0.1) is 0 Å². The largest absolute Gasteiger partial charge is 0.345 e. The number of hydrogen-bond donors (Lipinski definition) is 2. The van der Waals surface area contributed by atoms with Gasteiger partial charge < -0.3 is 15.5 Å². The molecule has 0 unspecified atom stereocenters. The zero-order valence-corrected chi connectivity index (χ0v) is 11.4. The number of pyridine rings is 1. The van der Waals surface area contributed by atoms with Gasteiger partial charge in [0.1, 0.15) is 17.5 Å². The molecular formula is C14H17N5O. The van der Waals surface area contributed by atoms with E-state index in [2.05, 4.69) is 15.6 Å². The SMILES string of the molecule is Cc1ccnc(N/C=C(/C#N)C(=O)N2CCNCC2)c1. The summed E-state index contributed by atoms with van der Waals surface area (Å²) in [6, 6.07) is 5.67. The summed E-state index contributed by atoms with van der Waals surface area (Å²) < 4.78 is 0. The fourth-order valence-electron chi connectivity index (χ4n) is 1.94. The van der Waals surface area contributed by atoms with Gasteiger partial charge in [0.15, 0.2) is 0 Å². The van der Waals surface area contributed by atoms with Crippen LogP contribution in [0.1, 0.15) is 5.56 Å². The first kappa shape index (κ1) is 14.0. The molecule has 20 heavy (non-hydrogen) atoms. The van der Waals surface area contributed by atoms with Crippen LogP contribution in [0.4, 0.5) is 5.82 Å². The average Bonchev–Trinajstić information content (AvgIpc) is 2.48. The minimum Gasteiger partial charge on any atom is -0.345 e. The van der Waals surface area contributed by atoms with Crippen molar-refractivity contribution >= 4 is 11.7 Å². The molecule has 0 spiro atoms. The highest BCUT2D eigenvalue weighted by atomic mass is 16.2. The van der Waals surface area contributed by atoms with Gasteiger partial charge in [0.25, 0.3) is 5.91 Å². The van der Waals surface area contributed by atoms with Crippen molar-refractivity contribution in [3.63, 3.8) is 0 Å². The summed E-state index contributed by atoms with van der Waals surface area (Å²) in [5.74, 6) is 0.375. The second-order valence-corrected chi connectivity index (χ2v) is 4.57. The van der Waals surface area contributed by atoms with Gasteiger partial charge in [-0.15, -0.1) is 0 Å². The number of nitriles is 1. The van der Waals surface area contributed by atoms with Gasteiger partial charge in [0, 0.05) is 38.6 Å². The van der Waals surface area contributed by atoms with Gasteiger partial charge in [0.2, 0.25) is 0 Å². The van der Waals surface area contributed by atoms with Crippen molar-refractivity contribution in [2.45, 2.75) is 6.92 Å². The Bertz CT molecular complexity index is 555. The maximum atomic E-state index is 12.2. The number of nitrogens with one attached hydrogen (secondary N) is 2. The van der Waals surface area contributed by atoms with Gasteiger partial charge in [-0.1, -0.05) is 0 Å². The summed E-state index contributed by atoms with van der Waals surface area (Å²) in [6.07, 6.45) is 3.10. The molecule has 2 N–H and O–H groups in total. The Labute approximate surface area is 118 Å². The highest BCUT2D eigenvalue weighted by molar-refractivity contribution is 5.97. The lowest BCUT2D eigenvalue weighted by Gasteiger charge is -2.27. The third-order valence-electron chi connectivity index (χ3n) is 3.03. The second kappa shape index (κ2) is 6.68. The molecule has 1 aromatic rings. The average molecular weight is 271 g/mol. The molecule has 0 radical (unpaired) electrons. The second-order valence-electron chi connectivity index (χ2n) is 4.57. The van der Waals surface area contributed by atoms with E-state index in [1.807, 2.05) is 25.1 Å². The lowest BCUT2D eigenvalue weighted by atomic mass is 10.2. The van der Waals surface area contributed by atoms with Crippen LogP contribution in [-0.4, -0.2) is 42.0 Å². The molecule has 0 aromatic carbocycles. The van der Waals surface area contributed by atoms with Crippen LogP contribution in [0.15, 0.2) is 30.1 Å². The van der Waals surface area contributed by atoms with Crippen molar-refractivity contribution in [1.82, 2.24) is 15.2 Å². The fraction of sp³-hybridized carbons (Fsp3) is 0.357. The summed E-state index contributed by atoms with van der Waals surface area (Å²) in [5, 5.41) is 15.2. The van der Waals surface area contributed by atoms with E-state index in [0.717, 1.165) is 18.7 Å². The normalized spacial score (nSPS) is 15.6. The van der Waals surface area contributed by atoms with Crippen LogP contribution in [-0.2, 0) is 4.79 Å². The van der Waals surface area contributed by atoms with Gasteiger partial charge in [-0.05, 0) is 24.6 Å². The molecule has 1 saturated heterocycles. The van der Waals surface area contributed by atoms with E-state index in [1.165, 1.54) is 6.20 Å². The van der Waals surface area contributed by atoms with Crippen molar-refractivity contribution in [1.29, 1.82) is 5.26 Å². The Morgan fingerprint density at radius 3 is 2.95 bits per heavy atom. The van der Waals surface area contributed by atoms with E-state index >= 15 is 0 Å². The standard InChI is InChI=1S/C14H17N5O/c1-11-2-3-17-13(8-11)18-10-12(9-15)14(20)19-6-4-16-5-7-19/h2-3,8,10,16H,4-7H2,1H3,(H,17,18)/b12-10-. The molecule has 0 saturated carbocycles. The number of amides is 1. The molecule has 6 heteroatoms. The summed E-state index contributed by atoms with van der Waals surface area (Å²) in [5.41, 5.74) is 1.15. The van der Waals surface area contributed by atoms with Crippen LogP contribution in [0.3, 0.4) is 0 Å². The first-order valence-electron chi connectivity index (χ1n) is 6.50. The molecule has 2 heterocycles. The molecular weight excluding hydrogens is 254 g/mol. The lowest BCUT2D eigenvalue weighted by Crippen LogP contribution is -2.46. The molecule has 1 aromatic heterocycles. The highest BCUT2D eigenvalue weighted by Gasteiger charge is 2.19. The van der Waals surface area contributed by atoms with Crippen molar-refractivity contribution in [3.05, 3.63) is 35.7 Å². The molecule has 6 nitrogen and oxygen atoms in total. The van der Waals surface area contributed by atoms with Crippen molar-refractivity contribution in [2.24, 2.45) is 0 Å². The minimum atomic E-state index is -0.242. The van der Waals surface area contributed by atoms with Crippen LogP contribution in [0.2, 0.25) is 0 Å². The zero-order valence-electron chi connectivity index (χ0n) is 11.4. The number of carbonyl (C=O) groups excluding carboxylic acids is 1. The fourth-order valence-corrected chi connectivity index (χ4v) is 1.94. The maximum absolute atomic E-state index is 12.2. The predicted octanol–water partition coefficient (Wildman–Crippen LogP) is 0.641. The van der Waals surface area contributed by atoms with Crippen molar-refractivity contribution < 1.29 is 4.79 Å². The predicted molar refractivity (Wildman–Crippen MR) is 75.7 cm³/mol. The Morgan fingerprint density at radius 2 is 2.30 bits per heavy atom.